The highest BCUT2D eigenvalue weighted by atomic mass is 16.1. The minimum atomic E-state index is -0.793. The molecule has 2 N–H and O–H groups in total. The SMILES string of the molecule is CC1CCCC(C(N)=O)(c2ccccn2)C1(C)c1cnn2c1CCC2. The van der Waals surface area contributed by atoms with Gasteiger partial charge in [-0.1, -0.05) is 26.3 Å². The van der Waals surface area contributed by atoms with Gasteiger partial charge in [-0.3, -0.25) is 14.5 Å². The van der Waals surface area contributed by atoms with Crippen molar-refractivity contribution in [2.24, 2.45) is 11.7 Å². The monoisotopic (exact) mass is 338 g/mol. The van der Waals surface area contributed by atoms with E-state index in [4.69, 9.17) is 5.73 Å². The molecule has 2 aromatic rings. The Hall–Kier alpha value is -2.17. The zero-order chi connectivity index (χ0) is 17.7. The second-order valence-corrected chi connectivity index (χ2v) is 7.81. The summed E-state index contributed by atoms with van der Waals surface area (Å²) >= 11 is 0. The van der Waals surface area contributed by atoms with Crippen molar-refractivity contribution in [1.82, 2.24) is 14.8 Å². The number of hydrogen-bond acceptors (Lipinski definition) is 3. The molecule has 0 saturated heterocycles. The molecule has 5 nitrogen and oxygen atoms in total. The summed E-state index contributed by atoms with van der Waals surface area (Å²) in [5.74, 6) is 0.0588. The molecule has 1 aliphatic heterocycles. The summed E-state index contributed by atoms with van der Waals surface area (Å²) in [6, 6.07) is 5.80. The fourth-order valence-electron chi connectivity index (χ4n) is 5.35. The van der Waals surface area contributed by atoms with Gasteiger partial charge in [-0.2, -0.15) is 5.10 Å². The number of nitrogens with two attached hydrogens (primary N) is 1. The maximum Gasteiger partial charge on any atom is 0.230 e. The van der Waals surface area contributed by atoms with Crippen LogP contribution in [0.15, 0.2) is 30.6 Å². The van der Waals surface area contributed by atoms with Gasteiger partial charge in [0.25, 0.3) is 0 Å². The van der Waals surface area contributed by atoms with Gasteiger partial charge in [-0.15, -0.1) is 0 Å². The van der Waals surface area contributed by atoms with E-state index in [1.54, 1.807) is 6.20 Å². The molecule has 1 amide bonds. The number of amides is 1. The summed E-state index contributed by atoms with van der Waals surface area (Å²) in [5, 5.41) is 4.61. The quantitative estimate of drug-likeness (QED) is 0.935. The minimum Gasteiger partial charge on any atom is -0.369 e. The molecule has 2 aliphatic rings. The Morgan fingerprint density at radius 2 is 2.20 bits per heavy atom. The Labute approximate surface area is 148 Å². The van der Waals surface area contributed by atoms with Gasteiger partial charge in [-0.05, 0) is 43.7 Å². The number of carbonyl (C=O) groups is 1. The Morgan fingerprint density at radius 3 is 2.92 bits per heavy atom. The third-order valence-corrected chi connectivity index (χ3v) is 6.88. The highest BCUT2D eigenvalue weighted by Gasteiger charge is 2.60. The van der Waals surface area contributed by atoms with Gasteiger partial charge in [0.1, 0.15) is 5.41 Å². The average molecular weight is 338 g/mol. The van der Waals surface area contributed by atoms with Crippen LogP contribution in [0.2, 0.25) is 0 Å². The van der Waals surface area contributed by atoms with Crippen LogP contribution in [-0.2, 0) is 28.6 Å². The molecule has 2 aromatic heterocycles. The van der Waals surface area contributed by atoms with E-state index in [1.807, 2.05) is 24.4 Å². The molecule has 0 spiro atoms. The zero-order valence-corrected chi connectivity index (χ0v) is 15.0. The summed E-state index contributed by atoms with van der Waals surface area (Å²) in [4.78, 5) is 17.6. The molecule has 0 radical (unpaired) electrons. The molecule has 1 saturated carbocycles. The van der Waals surface area contributed by atoms with E-state index < -0.39 is 10.8 Å². The molecular formula is C20H26N4O. The lowest BCUT2D eigenvalue weighted by Crippen LogP contribution is -2.61. The first-order chi connectivity index (χ1) is 12.0. The highest BCUT2D eigenvalue weighted by molar-refractivity contribution is 5.89. The number of aryl methyl sites for hydroxylation is 1. The Balaban J connectivity index is 1.99. The van der Waals surface area contributed by atoms with E-state index in [9.17, 15) is 4.79 Å². The molecule has 0 bridgehead atoms. The molecule has 1 fully saturated rings. The molecular weight excluding hydrogens is 312 g/mol. The van der Waals surface area contributed by atoms with E-state index in [-0.39, 0.29) is 5.91 Å². The molecule has 3 unspecified atom stereocenters. The van der Waals surface area contributed by atoms with Crippen LogP contribution in [0, 0.1) is 5.92 Å². The van der Waals surface area contributed by atoms with Crippen molar-refractivity contribution in [3.05, 3.63) is 47.5 Å². The first kappa shape index (κ1) is 16.3. The van der Waals surface area contributed by atoms with Gasteiger partial charge in [0.2, 0.25) is 5.91 Å². The number of rotatable bonds is 3. The molecule has 1 aliphatic carbocycles. The van der Waals surface area contributed by atoms with E-state index in [0.717, 1.165) is 44.3 Å². The fraction of sp³-hybridized carbons (Fsp3) is 0.550. The van der Waals surface area contributed by atoms with Gasteiger partial charge in [0, 0.05) is 29.4 Å². The maximum atomic E-state index is 13.0. The highest BCUT2D eigenvalue weighted by Crippen LogP contribution is 2.56. The van der Waals surface area contributed by atoms with Crippen LogP contribution in [-0.4, -0.2) is 20.7 Å². The van der Waals surface area contributed by atoms with Gasteiger partial charge in [-0.25, -0.2) is 0 Å². The zero-order valence-electron chi connectivity index (χ0n) is 15.0. The van der Waals surface area contributed by atoms with Crippen LogP contribution in [0.5, 0.6) is 0 Å². The maximum absolute atomic E-state index is 13.0. The van der Waals surface area contributed by atoms with Crippen molar-refractivity contribution in [1.29, 1.82) is 0 Å². The van der Waals surface area contributed by atoms with Gasteiger partial charge in [0.15, 0.2) is 0 Å². The molecule has 0 aromatic carbocycles. The lowest BCUT2D eigenvalue weighted by molar-refractivity contribution is -0.129. The number of fused-ring (bicyclic) bond motifs is 1. The summed E-state index contributed by atoms with van der Waals surface area (Å²) in [5.41, 5.74) is 8.20. The molecule has 132 valence electrons. The molecule has 25 heavy (non-hydrogen) atoms. The van der Waals surface area contributed by atoms with Crippen molar-refractivity contribution in [3.8, 4) is 0 Å². The predicted molar refractivity (Wildman–Crippen MR) is 96.0 cm³/mol. The van der Waals surface area contributed by atoms with Crippen LogP contribution in [0.3, 0.4) is 0 Å². The lowest BCUT2D eigenvalue weighted by Gasteiger charge is -2.53. The van der Waals surface area contributed by atoms with Crippen molar-refractivity contribution >= 4 is 5.91 Å². The topological polar surface area (TPSA) is 73.8 Å². The first-order valence-corrected chi connectivity index (χ1v) is 9.28. The van der Waals surface area contributed by atoms with E-state index in [1.165, 1.54) is 11.3 Å². The third-order valence-electron chi connectivity index (χ3n) is 6.88. The van der Waals surface area contributed by atoms with Crippen LogP contribution in [0.4, 0.5) is 0 Å². The van der Waals surface area contributed by atoms with Crippen molar-refractivity contribution < 1.29 is 4.79 Å². The second kappa shape index (κ2) is 5.68. The predicted octanol–water partition coefficient (Wildman–Crippen LogP) is 2.73. The second-order valence-electron chi connectivity index (χ2n) is 7.81. The van der Waals surface area contributed by atoms with E-state index >= 15 is 0 Å². The molecule has 3 atom stereocenters. The van der Waals surface area contributed by atoms with Crippen molar-refractivity contribution in [2.45, 2.75) is 63.3 Å². The van der Waals surface area contributed by atoms with Crippen molar-refractivity contribution in [2.75, 3.05) is 0 Å². The summed E-state index contributed by atoms with van der Waals surface area (Å²) in [6.07, 6.45) is 8.70. The number of primary amides is 1. The van der Waals surface area contributed by atoms with Crippen LogP contribution in [0.25, 0.3) is 0 Å². The number of nitrogens with zero attached hydrogens (tertiary/aromatic N) is 3. The normalized spacial score (nSPS) is 31.7. The van der Waals surface area contributed by atoms with Crippen LogP contribution in [0.1, 0.15) is 56.5 Å². The minimum absolute atomic E-state index is 0.266. The number of hydrogen-bond donors (Lipinski definition) is 1. The summed E-state index contributed by atoms with van der Waals surface area (Å²) in [6.45, 7) is 5.43. The van der Waals surface area contributed by atoms with Gasteiger partial charge < -0.3 is 5.73 Å². The Morgan fingerprint density at radius 1 is 1.36 bits per heavy atom. The van der Waals surface area contributed by atoms with Crippen LogP contribution < -0.4 is 5.73 Å². The van der Waals surface area contributed by atoms with Crippen molar-refractivity contribution in [3.63, 3.8) is 0 Å². The molecule has 5 heteroatoms. The largest absolute Gasteiger partial charge is 0.369 e. The first-order valence-electron chi connectivity index (χ1n) is 9.28. The van der Waals surface area contributed by atoms with Gasteiger partial charge >= 0.3 is 0 Å². The number of carbonyl (C=O) groups excluding carboxylic acids is 1. The summed E-state index contributed by atoms with van der Waals surface area (Å²) < 4.78 is 2.10. The third kappa shape index (κ3) is 2.04. The van der Waals surface area contributed by atoms with E-state index in [0.29, 0.717) is 5.92 Å². The molecule has 3 heterocycles. The fourth-order valence-corrected chi connectivity index (χ4v) is 5.35. The van der Waals surface area contributed by atoms with E-state index in [2.05, 4.69) is 28.6 Å². The Kier molecular flexibility index (Phi) is 3.71. The summed E-state index contributed by atoms with van der Waals surface area (Å²) in [7, 11) is 0. The lowest BCUT2D eigenvalue weighted by atomic mass is 9.48. The average Bonchev–Trinajstić information content (AvgIpc) is 3.21. The standard InChI is InChI=1S/C20H26N4O/c1-14-7-5-10-20(18(21)25,17-9-3-4-11-22-17)19(14,2)15-13-23-24-12-6-8-16(15)24/h3-4,9,11,13-14H,5-8,10,12H2,1-2H3,(H2,21,25). The van der Waals surface area contributed by atoms with Gasteiger partial charge in [0.05, 0.1) is 11.9 Å². The molecule has 4 rings (SSSR count). The Bertz CT molecular complexity index is 799. The smallest absolute Gasteiger partial charge is 0.230 e. The van der Waals surface area contributed by atoms with Crippen LogP contribution >= 0.6 is 0 Å². The number of pyridine rings is 1. The number of aromatic nitrogens is 3.